The first-order chi connectivity index (χ1) is 15.0. The van der Waals surface area contributed by atoms with Crippen LogP contribution in [0, 0.1) is 5.92 Å². The molecule has 0 aliphatic heterocycles. The van der Waals surface area contributed by atoms with E-state index in [9.17, 15) is 31.1 Å². The summed E-state index contributed by atoms with van der Waals surface area (Å²) in [5.41, 5.74) is 0.121. The molecule has 10 heteroatoms. The van der Waals surface area contributed by atoms with Crippen molar-refractivity contribution in [1.82, 2.24) is 5.32 Å². The summed E-state index contributed by atoms with van der Waals surface area (Å²) in [5, 5.41) is 5.22. The maximum atomic E-state index is 12.8. The topological polar surface area (TPSA) is 50.4 Å². The summed E-state index contributed by atoms with van der Waals surface area (Å²) in [5.74, 6) is 0.0647. The van der Waals surface area contributed by atoms with Crippen molar-refractivity contribution in [3.63, 3.8) is 0 Å². The average Bonchev–Trinajstić information content (AvgIpc) is 2.69. The van der Waals surface area contributed by atoms with E-state index in [1.807, 2.05) is 0 Å². The van der Waals surface area contributed by atoms with Crippen molar-refractivity contribution in [2.45, 2.75) is 50.7 Å². The number of anilines is 1. The van der Waals surface area contributed by atoms with Crippen LogP contribution in [0.5, 0.6) is 5.75 Å². The molecule has 0 atom stereocenters. The molecule has 0 spiro atoms. The van der Waals surface area contributed by atoms with Gasteiger partial charge in [-0.3, -0.25) is 0 Å². The summed E-state index contributed by atoms with van der Waals surface area (Å²) in [4.78, 5) is 12.1. The maximum absolute atomic E-state index is 12.8. The van der Waals surface area contributed by atoms with Crippen molar-refractivity contribution in [1.29, 1.82) is 0 Å². The van der Waals surface area contributed by atoms with Gasteiger partial charge in [-0.1, -0.05) is 18.2 Å². The molecule has 1 saturated carbocycles. The minimum absolute atomic E-state index is 0.0592. The highest BCUT2D eigenvalue weighted by Crippen LogP contribution is 2.31. The van der Waals surface area contributed by atoms with Crippen molar-refractivity contribution < 1.29 is 35.9 Å². The van der Waals surface area contributed by atoms with Gasteiger partial charge < -0.3 is 15.4 Å². The number of rotatable bonds is 5. The Hall–Kier alpha value is -2.91. The fraction of sp³-hybridized carbons (Fsp3) is 0.409. The van der Waals surface area contributed by atoms with Gasteiger partial charge in [-0.05, 0) is 73.9 Å². The number of urea groups is 1. The van der Waals surface area contributed by atoms with Crippen LogP contribution in [0.25, 0.3) is 0 Å². The molecule has 3 rings (SSSR count). The molecule has 2 N–H and O–H groups in total. The summed E-state index contributed by atoms with van der Waals surface area (Å²) in [6.07, 6.45) is -5.47. The number of halogens is 6. The predicted molar refractivity (Wildman–Crippen MR) is 106 cm³/mol. The van der Waals surface area contributed by atoms with Crippen LogP contribution >= 0.6 is 0 Å². The van der Waals surface area contributed by atoms with Gasteiger partial charge in [-0.25, -0.2) is 4.79 Å². The van der Waals surface area contributed by atoms with Gasteiger partial charge in [0.1, 0.15) is 5.75 Å². The summed E-state index contributed by atoms with van der Waals surface area (Å²) in [6, 6.07) is 9.54. The van der Waals surface area contributed by atoms with E-state index in [-0.39, 0.29) is 17.5 Å². The van der Waals surface area contributed by atoms with E-state index in [1.54, 1.807) is 12.1 Å². The molecule has 0 heterocycles. The molecule has 2 aromatic carbocycles. The minimum atomic E-state index is -4.72. The summed E-state index contributed by atoms with van der Waals surface area (Å²) >= 11 is 0. The molecular formula is C22H22F6N2O2. The first-order valence-corrected chi connectivity index (χ1v) is 10.1. The van der Waals surface area contributed by atoms with Crippen LogP contribution in [0.1, 0.15) is 36.8 Å². The summed E-state index contributed by atoms with van der Waals surface area (Å²) in [7, 11) is 0. The number of carbonyl (C=O) groups excluding carboxylic acids is 1. The molecule has 1 fully saturated rings. The lowest BCUT2D eigenvalue weighted by Crippen LogP contribution is -2.40. The van der Waals surface area contributed by atoms with Gasteiger partial charge in [-0.2, -0.15) is 13.2 Å². The fourth-order valence-corrected chi connectivity index (χ4v) is 3.80. The third-order valence-electron chi connectivity index (χ3n) is 5.31. The summed E-state index contributed by atoms with van der Waals surface area (Å²) in [6.45, 7) is 0. The van der Waals surface area contributed by atoms with Crippen LogP contribution in [0.3, 0.4) is 0 Å². The Bertz CT molecular complexity index is 904. The zero-order valence-corrected chi connectivity index (χ0v) is 16.9. The molecule has 1 aliphatic rings. The lowest BCUT2D eigenvalue weighted by Gasteiger charge is -2.29. The number of alkyl halides is 6. The molecule has 174 valence electrons. The first-order valence-electron chi connectivity index (χ1n) is 10.1. The minimum Gasteiger partial charge on any atom is -0.406 e. The molecule has 0 saturated heterocycles. The van der Waals surface area contributed by atoms with E-state index in [0.717, 1.165) is 30.5 Å². The monoisotopic (exact) mass is 460 g/mol. The zero-order valence-electron chi connectivity index (χ0n) is 16.9. The number of hydrogen-bond donors (Lipinski definition) is 2. The summed E-state index contributed by atoms with van der Waals surface area (Å²) < 4.78 is 78.9. The van der Waals surface area contributed by atoms with Crippen LogP contribution in [-0.2, 0) is 12.6 Å². The first kappa shape index (κ1) is 23.7. The second-order valence-electron chi connectivity index (χ2n) is 7.79. The molecule has 0 bridgehead atoms. The standard InChI is InChI=1S/C22H22F6N2O2/c23-21(24,25)16-2-1-3-18(13-16)30-20(31)29-17-8-4-14(5-9-17)12-15-6-10-19(11-7-15)32-22(26,27)28/h1-3,6-7,10-11,13-14,17H,4-5,8-9,12H2,(H2,29,30,31). The van der Waals surface area contributed by atoms with Gasteiger partial charge in [-0.15, -0.1) is 13.2 Å². The van der Waals surface area contributed by atoms with E-state index in [4.69, 9.17) is 0 Å². The highest BCUT2D eigenvalue weighted by Gasteiger charge is 2.31. The van der Waals surface area contributed by atoms with Crippen LogP contribution in [0.15, 0.2) is 48.5 Å². The third-order valence-corrected chi connectivity index (χ3v) is 5.31. The Kier molecular flexibility index (Phi) is 7.20. The molecule has 32 heavy (non-hydrogen) atoms. The number of hydrogen-bond acceptors (Lipinski definition) is 2. The largest absolute Gasteiger partial charge is 0.573 e. The third kappa shape index (κ3) is 7.35. The van der Waals surface area contributed by atoms with Crippen LogP contribution in [0.4, 0.5) is 36.8 Å². The van der Waals surface area contributed by atoms with Crippen LogP contribution in [-0.4, -0.2) is 18.4 Å². The quantitative estimate of drug-likeness (QED) is 0.499. The SMILES string of the molecule is O=C(Nc1cccc(C(F)(F)F)c1)NC1CCC(Cc2ccc(OC(F)(F)F)cc2)CC1. The molecule has 0 unspecified atom stereocenters. The highest BCUT2D eigenvalue weighted by molar-refractivity contribution is 5.89. The molecule has 0 radical (unpaired) electrons. The lowest BCUT2D eigenvalue weighted by molar-refractivity contribution is -0.274. The molecule has 0 aromatic heterocycles. The number of benzene rings is 2. The Labute approximate surface area is 181 Å². The van der Waals surface area contributed by atoms with Gasteiger partial charge in [0.05, 0.1) is 5.56 Å². The Morgan fingerprint density at radius 1 is 0.938 bits per heavy atom. The number of amides is 2. The zero-order chi connectivity index (χ0) is 23.4. The van der Waals surface area contributed by atoms with E-state index in [1.165, 1.54) is 24.3 Å². The molecule has 2 amide bonds. The van der Waals surface area contributed by atoms with Gasteiger partial charge >= 0.3 is 18.6 Å². The fourth-order valence-electron chi connectivity index (χ4n) is 3.80. The maximum Gasteiger partial charge on any atom is 0.573 e. The van der Waals surface area contributed by atoms with Crippen molar-refractivity contribution in [3.05, 3.63) is 59.7 Å². The molecular weight excluding hydrogens is 438 g/mol. The Balaban J connectivity index is 1.43. The molecule has 1 aliphatic carbocycles. The highest BCUT2D eigenvalue weighted by atomic mass is 19.4. The smallest absolute Gasteiger partial charge is 0.406 e. The lowest BCUT2D eigenvalue weighted by atomic mass is 9.82. The van der Waals surface area contributed by atoms with Crippen LogP contribution in [0.2, 0.25) is 0 Å². The van der Waals surface area contributed by atoms with Crippen molar-refractivity contribution in [2.24, 2.45) is 5.92 Å². The number of ether oxygens (including phenoxy) is 1. The van der Waals surface area contributed by atoms with Crippen molar-refractivity contribution >= 4 is 11.7 Å². The number of carbonyl (C=O) groups is 1. The van der Waals surface area contributed by atoms with Crippen molar-refractivity contribution in [3.8, 4) is 5.75 Å². The normalized spacial score (nSPS) is 19.3. The van der Waals surface area contributed by atoms with Crippen LogP contribution < -0.4 is 15.4 Å². The van der Waals surface area contributed by atoms with Gasteiger partial charge in [0.2, 0.25) is 0 Å². The second-order valence-corrected chi connectivity index (χ2v) is 7.79. The van der Waals surface area contributed by atoms with Gasteiger partial charge in [0.15, 0.2) is 0 Å². The molecule has 4 nitrogen and oxygen atoms in total. The Morgan fingerprint density at radius 2 is 1.59 bits per heavy atom. The second kappa shape index (κ2) is 9.70. The number of nitrogens with one attached hydrogen (secondary N) is 2. The predicted octanol–water partition coefficient (Wildman–Crippen LogP) is 6.53. The van der Waals surface area contributed by atoms with E-state index >= 15 is 0 Å². The molecule has 2 aromatic rings. The van der Waals surface area contributed by atoms with Gasteiger partial charge in [0.25, 0.3) is 0 Å². The van der Waals surface area contributed by atoms with Crippen molar-refractivity contribution in [2.75, 3.05) is 5.32 Å². The van der Waals surface area contributed by atoms with Gasteiger partial charge in [0, 0.05) is 11.7 Å². The van der Waals surface area contributed by atoms with E-state index in [2.05, 4.69) is 15.4 Å². The van der Waals surface area contributed by atoms with E-state index in [0.29, 0.717) is 25.2 Å². The Morgan fingerprint density at radius 3 is 2.19 bits per heavy atom. The average molecular weight is 460 g/mol. The van der Waals surface area contributed by atoms with E-state index < -0.39 is 24.1 Å².